The smallest absolute Gasteiger partial charge is 0.227 e. The van der Waals surface area contributed by atoms with Gasteiger partial charge >= 0.3 is 0 Å². The van der Waals surface area contributed by atoms with Crippen molar-refractivity contribution >= 4 is 16.7 Å². The van der Waals surface area contributed by atoms with Crippen LogP contribution in [0.3, 0.4) is 0 Å². The molecule has 35 heavy (non-hydrogen) atoms. The first-order valence-electron chi connectivity index (χ1n) is 12.4. The molecule has 8 nitrogen and oxygen atoms in total. The van der Waals surface area contributed by atoms with Gasteiger partial charge < -0.3 is 14.6 Å². The van der Waals surface area contributed by atoms with E-state index in [-0.39, 0.29) is 0 Å². The molecule has 0 aromatic carbocycles. The third-order valence-corrected chi connectivity index (χ3v) is 7.43. The number of aromatic nitrogens is 5. The highest BCUT2D eigenvalue weighted by Gasteiger charge is 2.27. The fraction of sp³-hybridized carbons (Fsp3) is 0.481. The Kier molecular flexibility index (Phi) is 6.44. The van der Waals surface area contributed by atoms with Crippen LogP contribution in [0.25, 0.3) is 32.8 Å². The molecule has 8 heteroatoms. The van der Waals surface area contributed by atoms with Gasteiger partial charge in [0.25, 0.3) is 0 Å². The second-order valence-electron chi connectivity index (χ2n) is 9.89. The van der Waals surface area contributed by atoms with Crippen molar-refractivity contribution in [2.75, 3.05) is 27.2 Å². The summed E-state index contributed by atoms with van der Waals surface area (Å²) in [5.74, 6) is 1.47. The van der Waals surface area contributed by atoms with Crippen LogP contribution in [-0.4, -0.2) is 62.8 Å². The Morgan fingerprint density at radius 1 is 1.26 bits per heavy atom. The Balaban J connectivity index is 1.47. The number of hydrogen-bond acceptors (Lipinski definition) is 5. The van der Waals surface area contributed by atoms with Crippen molar-refractivity contribution in [1.29, 1.82) is 0 Å². The van der Waals surface area contributed by atoms with Gasteiger partial charge in [-0.25, -0.2) is 16.1 Å². The van der Waals surface area contributed by atoms with Crippen LogP contribution in [-0.2, 0) is 0 Å². The Hall–Kier alpha value is -3.44. The monoisotopic (exact) mass is 471 g/mol. The molecule has 1 N–H and O–H groups in total. The van der Waals surface area contributed by atoms with E-state index in [9.17, 15) is 0 Å². The molecular weight excluding hydrogens is 438 g/mol. The SMILES string of the molecule is [C-]#[N+]CCN(C)C1CCC(c2ccc3[nH]c(-c4cc(OC)c5ncnn5c4)c(C(C)C)c3n2)CC1. The average molecular weight is 472 g/mol. The van der Waals surface area contributed by atoms with E-state index in [1.54, 1.807) is 18.0 Å². The number of likely N-dealkylation sites (N-methyl/N-ethyl adjacent to an activating group) is 1. The minimum absolute atomic E-state index is 0.297. The zero-order chi connectivity index (χ0) is 24.5. The van der Waals surface area contributed by atoms with Gasteiger partial charge in [-0.1, -0.05) is 13.8 Å². The van der Waals surface area contributed by atoms with Crippen LogP contribution >= 0.6 is 0 Å². The summed E-state index contributed by atoms with van der Waals surface area (Å²) < 4.78 is 7.36. The van der Waals surface area contributed by atoms with E-state index < -0.39 is 0 Å². The fourth-order valence-corrected chi connectivity index (χ4v) is 5.50. The Morgan fingerprint density at radius 3 is 2.77 bits per heavy atom. The summed E-state index contributed by atoms with van der Waals surface area (Å²) in [6, 6.07) is 6.98. The molecule has 1 saturated carbocycles. The number of fused-ring (bicyclic) bond motifs is 2. The maximum absolute atomic E-state index is 7.05. The Labute approximate surface area is 206 Å². The summed E-state index contributed by atoms with van der Waals surface area (Å²) in [4.78, 5) is 19.0. The summed E-state index contributed by atoms with van der Waals surface area (Å²) in [5.41, 5.74) is 7.28. The lowest BCUT2D eigenvalue weighted by atomic mass is 9.83. The summed E-state index contributed by atoms with van der Waals surface area (Å²) in [6.07, 6.45) is 8.13. The second-order valence-corrected chi connectivity index (χ2v) is 9.89. The van der Waals surface area contributed by atoms with Crippen LogP contribution in [0.1, 0.15) is 62.6 Å². The van der Waals surface area contributed by atoms with Gasteiger partial charge in [0.1, 0.15) is 6.33 Å². The van der Waals surface area contributed by atoms with E-state index in [1.165, 1.54) is 11.3 Å². The van der Waals surface area contributed by atoms with E-state index >= 15 is 0 Å². The molecule has 4 aromatic heterocycles. The zero-order valence-electron chi connectivity index (χ0n) is 21.0. The predicted octanol–water partition coefficient (Wildman–Crippen LogP) is 5.28. The molecule has 0 radical (unpaired) electrons. The number of pyridine rings is 2. The average Bonchev–Trinajstić information content (AvgIpc) is 3.51. The lowest BCUT2D eigenvalue weighted by Crippen LogP contribution is -2.36. The van der Waals surface area contributed by atoms with Crippen LogP contribution in [0.5, 0.6) is 5.75 Å². The van der Waals surface area contributed by atoms with Crippen molar-refractivity contribution in [3.05, 3.63) is 53.4 Å². The van der Waals surface area contributed by atoms with Crippen LogP contribution in [0, 0.1) is 6.57 Å². The lowest BCUT2D eigenvalue weighted by molar-refractivity contribution is 0.188. The number of aromatic amines is 1. The largest absolute Gasteiger partial charge is 0.493 e. The minimum atomic E-state index is 0.297. The van der Waals surface area contributed by atoms with Gasteiger partial charge in [-0.2, -0.15) is 5.10 Å². The van der Waals surface area contributed by atoms with Gasteiger partial charge in [0, 0.05) is 35.0 Å². The zero-order valence-corrected chi connectivity index (χ0v) is 21.0. The minimum Gasteiger partial charge on any atom is -0.493 e. The molecular formula is C27H33N7O. The van der Waals surface area contributed by atoms with Gasteiger partial charge in [0.2, 0.25) is 6.54 Å². The van der Waals surface area contributed by atoms with E-state index in [0.29, 0.717) is 35.8 Å². The quantitative estimate of drug-likeness (QED) is 0.371. The van der Waals surface area contributed by atoms with Crippen molar-refractivity contribution in [2.24, 2.45) is 0 Å². The molecule has 1 fully saturated rings. The van der Waals surface area contributed by atoms with Crippen molar-refractivity contribution in [1.82, 2.24) is 29.5 Å². The van der Waals surface area contributed by atoms with Crippen molar-refractivity contribution in [2.45, 2.75) is 57.4 Å². The van der Waals surface area contributed by atoms with E-state index in [1.807, 2.05) is 12.3 Å². The molecule has 4 aromatic rings. The number of methoxy groups -OCH3 is 1. The van der Waals surface area contributed by atoms with E-state index in [2.05, 4.69) is 57.8 Å². The standard InChI is InChI=1S/C27H33N7O/c1-17(2)24-25(19-14-23(35-5)27-29-16-30-34(27)15-19)32-22-11-10-21(31-26(22)24)18-6-8-20(9-7-18)33(4)13-12-28-3/h10-11,14-18,20,32H,6-9,12-13H2,1-2,4-5H3. The second kappa shape index (κ2) is 9.67. The number of rotatable bonds is 7. The first-order valence-corrected chi connectivity index (χ1v) is 12.4. The molecule has 5 rings (SSSR count). The topological polar surface area (TPSA) is 75.7 Å². The van der Waals surface area contributed by atoms with Crippen molar-refractivity contribution < 1.29 is 4.74 Å². The normalized spacial score (nSPS) is 18.5. The third kappa shape index (κ3) is 4.37. The molecule has 1 aliphatic carbocycles. The lowest BCUT2D eigenvalue weighted by Gasteiger charge is -2.33. The summed E-state index contributed by atoms with van der Waals surface area (Å²) in [6.45, 7) is 12.9. The predicted molar refractivity (Wildman–Crippen MR) is 138 cm³/mol. The number of hydrogen-bond donors (Lipinski definition) is 1. The summed E-state index contributed by atoms with van der Waals surface area (Å²) in [7, 11) is 3.82. The van der Waals surface area contributed by atoms with Crippen LogP contribution < -0.4 is 4.74 Å². The van der Waals surface area contributed by atoms with E-state index in [4.69, 9.17) is 16.3 Å². The number of H-pyrrole nitrogens is 1. The van der Waals surface area contributed by atoms with Gasteiger partial charge in [-0.15, -0.1) is 0 Å². The molecule has 1 aliphatic rings. The highest BCUT2D eigenvalue weighted by Crippen LogP contribution is 2.39. The molecule has 4 heterocycles. The van der Waals surface area contributed by atoms with Gasteiger partial charge in [0.15, 0.2) is 11.4 Å². The van der Waals surface area contributed by atoms with Crippen molar-refractivity contribution in [3.63, 3.8) is 0 Å². The highest BCUT2D eigenvalue weighted by atomic mass is 16.5. The summed E-state index contributed by atoms with van der Waals surface area (Å²) in [5, 5.41) is 4.33. The fourth-order valence-electron chi connectivity index (χ4n) is 5.50. The van der Waals surface area contributed by atoms with E-state index in [0.717, 1.165) is 54.5 Å². The Bertz CT molecular complexity index is 1370. The first-order chi connectivity index (χ1) is 17.0. The molecule has 0 atom stereocenters. The maximum atomic E-state index is 7.05. The number of nitrogens with zero attached hydrogens (tertiary/aromatic N) is 6. The number of nitrogens with one attached hydrogen (secondary N) is 1. The van der Waals surface area contributed by atoms with Gasteiger partial charge in [0.05, 0.1) is 30.4 Å². The first kappa shape index (κ1) is 23.3. The Morgan fingerprint density at radius 2 is 2.06 bits per heavy atom. The van der Waals surface area contributed by atoms with Gasteiger partial charge in [-0.05, 0) is 56.8 Å². The number of ether oxygens (including phenoxy) is 1. The third-order valence-electron chi connectivity index (χ3n) is 7.43. The molecule has 0 bridgehead atoms. The van der Waals surface area contributed by atoms with Crippen LogP contribution in [0.15, 0.2) is 30.7 Å². The molecule has 0 amide bonds. The molecule has 0 spiro atoms. The van der Waals surface area contributed by atoms with Crippen molar-refractivity contribution in [3.8, 4) is 17.0 Å². The molecule has 0 saturated heterocycles. The molecule has 0 aliphatic heterocycles. The summed E-state index contributed by atoms with van der Waals surface area (Å²) >= 11 is 0. The van der Waals surface area contributed by atoms with Crippen LogP contribution in [0.4, 0.5) is 0 Å². The molecule has 182 valence electrons. The highest BCUT2D eigenvalue weighted by molar-refractivity contribution is 5.89. The maximum Gasteiger partial charge on any atom is 0.227 e. The van der Waals surface area contributed by atoms with Gasteiger partial charge in [-0.3, -0.25) is 9.88 Å². The molecule has 0 unspecified atom stereocenters. The van der Waals surface area contributed by atoms with Crippen LogP contribution in [0.2, 0.25) is 0 Å².